The smallest absolute Gasteiger partial charge is 0.469 e. The average Bonchev–Trinajstić information content (AvgIpc) is 2.90. The first kappa shape index (κ1) is 22.3. The van der Waals surface area contributed by atoms with Gasteiger partial charge in [-0.1, -0.05) is 12.1 Å². The molecule has 2 rings (SSSR count). The Labute approximate surface area is 166 Å². The van der Waals surface area contributed by atoms with Crippen molar-refractivity contribution < 1.29 is 32.2 Å². The predicted octanol–water partition coefficient (Wildman–Crippen LogP) is 4.15. The minimum atomic E-state index is -4.85. The van der Waals surface area contributed by atoms with Crippen LogP contribution in [0.25, 0.3) is 11.1 Å². The molecule has 0 radical (unpaired) electrons. The lowest BCUT2D eigenvalue weighted by Gasteiger charge is -2.17. The number of benzene rings is 1. The molecule has 1 aromatic carbocycles. The fourth-order valence-electron chi connectivity index (χ4n) is 3.50. The number of nitrogens with zero attached hydrogens (tertiary/aromatic N) is 1. The molecule has 2 aromatic rings. The molecule has 158 valence electrons. The Morgan fingerprint density at radius 3 is 2.41 bits per heavy atom. The highest BCUT2D eigenvalue weighted by Gasteiger charge is 2.32. The molecule has 0 unspecified atom stereocenters. The lowest BCUT2D eigenvalue weighted by atomic mass is 9.97. The molecule has 1 aromatic heterocycles. The minimum absolute atomic E-state index is 0.0383. The molecule has 29 heavy (non-hydrogen) atoms. The maximum absolute atomic E-state index is 12.6. The topological polar surface area (TPSA) is 83.6 Å². The number of amides is 1. The number of ether oxygens (including phenoxy) is 2. The molecule has 0 spiro atoms. The van der Waals surface area contributed by atoms with E-state index in [1.165, 1.54) is 25.3 Å². The Morgan fingerprint density at radius 1 is 1.24 bits per heavy atom. The number of carbonyl (C=O) groups excluding carboxylic acids is 2. The maximum atomic E-state index is 12.6. The van der Waals surface area contributed by atoms with Gasteiger partial charge in [0.2, 0.25) is 0 Å². The molecule has 0 aliphatic carbocycles. The molecule has 0 atom stereocenters. The number of hydrogen-bond donors (Lipinski definition) is 1. The van der Waals surface area contributed by atoms with Crippen LogP contribution in [0.3, 0.4) is 0 Å². The van der Waals surface area contributed by atoms with E-state index in [9.17, 15) is 22.8 Å². The molecular weight excluding hydrogens is 389 g/mol. The van der Waals surface area contributed by atoms with Crippen molar-refractivity contribution in [2.75, 3.05) is 7.11 Å². The quantitative estimate of drug-likeness (QED) is 0.693. The van der Waals surface area contributed by atoms with Gasteiger partial charge in [0.1, 0.15) is 5.75 Å². The molecule has 2 N–H and O–H groups in total. The van der Waals surface area contributed by atoms with Crippen LogP contribution in [0.4, 0.5) is 13.2 Å². The van der Waals surface area contributed by atoms with Gasteiger partial charge in [-0.05, 0) is 44.9 Å². The Hall–Kier alpha value is -2.97. The predicted molar refractivity (Wildman–Crippen MR) is 101 cm³/mol. The molecule has 1 heterocycles. The number of carbonyl (C=O) groups is 2. The number of halogens is 3. The van der Waals surface area contributed by atoms with Crippen LogP contribution in [0.5, 0.6) is 5.75 Å². The van der Waals surface area contributed by atoms with Crippen molar-refractivity contribution in [3.63, 3.8) is 0 Å². The second kappa shape index (κ2) is 8.59. The average molecular weight is 412 g/mol. The van der Waals surface area contributed by atoms with Crippen molar-refractivity contribution in [3.8, 4) is 16.9 Å². The van der Waals surface area contributed by atoms with Crippen LogP contribution in [0.15, 0.2) is 24.3 Å². The lowest BCUT2D eigenvalue weighted by Crippen LogP contribution is -2.17. The number of alkyl halides is 3. The van der Waals surface area contributed by atoms with Crippen molar-refractivity contribution in [2.24, 2.45) is 5.73 Å². The third kappa shape index (κ3) is 5.10. The zero-order valence-electron chi connectivity index (χ0n) is 16.6. The number of nitrogens with two attached hydrogens (primary N) is 1. The molecule has 0 aliphatic rings. The van der Waals surface area contributed by atoms with E-state index in [1.54, 1.807) is 13.0 Å². The van der Waals surface area contributed by atoms with E-state index < -0.39 is 24.0 Å². The molecule has 1 amide bonds. The Kier molecular flexibility index (Phi) is 6.61. The minimum Gasteiger partial charge on any atom is -0.469 e. The fourth-order valence-corrected chi connectivity index (χ4v) is 3.50. The monoisotopic (exact) mass is 412 g/mol. The van der Waals surface area contributed by atoms with Crippen molar-refractivity contribution in [1.82, 2.24) is 4.57 Å². The van der Waals surface area contributed by atoms with Crippen LogP contribution < -0.4 is 10.5 Å². The highest BCUT2D eigenvalue weighted by Crippen LogP contribution is 2.37. The highest BCUT2D eigenvalue weighted by molar-refractivity contribution is 6.02. The number of methoxy groups -OCH3 is 1. The van der Waals surface area contributed by atoms with E-state index >= 15 is 0 Å². The van der Waals surface area contributed by atoms with Crippen molar-refractivity contribution >= 4 is 11.9 Å². The zero-order valence-corrected chi connectivity index (χ0v) is 16.6. The summed E-state index contributed by atoms with van der Waals surface area (Å²) in [6, 6.07) is 5.25. The number of rotatable bonds is 7. The van der Waals surface area contributed by atoms with Gasteiger partial charge in [0.15, 0.2) is 0 Å². The van der Waals surface area contributed by atoms with Crippen LogP contribution in [0.1, 0.15) is 48.1 Å². The fraction of sp³-hybridized carbons (Fsp3) is 0.400. The van der Waals surface area contributed by atoms with E-state index in [0.717, 1.165) is 0 Å². The summed E-state index contributed by atoms with van der Waals surface area (Å²) in [5.74, 6) is -1.57. The number of aromatic nitrogens is 1. The first-order chi connectivity index (χ1) is 13.5. The Bertz CT molecular complexity index is 917. The van der Waals surface area contributed by atoms with Gasteiger partial charge >= 0.3 is 12.3 Å². The van der Waals surface area contributed by atoms with Gasteiger partial charge in [-0.25, -0.2) is 0 Å². The van der Waals surface area contributed by atoms with Gasteiger partial charge in [-0.15, -0.1) is 13.2 Å². The zero-order chi connectivity index (χ0) is 21.9. The van der Waals surface area contributed by atoms with Crippen molar-refractivity contribution in [1.29, 1.82) is 0 Å². The summed E-state index contributed by atoms with van der Waals surface area (Å²) in [7, 11) is 1.27. The van der Waals surface area contributed by atoms with Crippen LogP contribution in [0, 0.1) is 6.92 Å². The largest absolute Gasteiger partial charge is 0.573 e. The third-order valence-electron chi connectivity index (χ3n) is 4.47. The molecular formula is C20H23F3N2O4. The lowest BCUT2D eigenvalue weighted by molar-refractivity contribution is -0.274. The molecule has 0 fully saturated rings. The number of esters is 1. The Morgan fingerprint density at radius 2 is 1.90 bits per heavy atom. The molecule has 0 aliphatic heterocycles. The van der Waals surface area contributed by atoms with Crippen LogP contribution in [-0.4, -0.2) is 29.9 Å². The maximum Gasteiger partial charge on any atom is 0.573 e. The summed E-state index contributed by atoms with van der Waals surface area (Å²) in [6.45, 7) is 5.50. The van der Waals surface area contributed by atoms with Crippen molar-refractivity contribution in [2.45, 2.75) is 46.0 Å². The SMILES string of the molecule is COC(=O)CCc1c(-c2cccc(OC(F)(F)F)c2)c(C(N)=O)c(C)n1C(C)C. The number of primary amides is 1. The summed E-state index contributed by atoms with van der Waals surface area (Å²) in [5, 5.41) is 0. The van der Waals surface area contributed by atoms with Gasteiger partial charge in [0.25, 0.3) is 5.91 Å². The van der Waals surface area contributed by atoms with E-state index in [1.807, 2.05) is 18.4 Å². The third-order valence-corrected chi connectivity index (χ3v) is 4.47. The van der Waals surface area contributed by atoms with Crippen LogP contribution in [-0.2, 0) is 16.0 Å². The van der Waals surface area contributed by atoms with E-state index in [-0.39, 0.29) is 24.4 Å². The molecule has 6 nitrogen and oxygen atoms in total. The van der Waals surface area contributed by atoms with Gasteiger partial charge in [0.05, 0.1) is 19.1 Å². The van der Waals surface area contributed by atoms with Gasteiger partial charge in [0, 0.05) is 23.0 Å². The molecule has 9 heteroatoms. The number of hydrogen-bond acceptors (Lipinski definition) is 4. The summed E-state index contributed by atoms with van der Waals surface area (Å²) in [6.07, 6.45) is -4.59. The van der Waals surface area contributed by atoms with E-state index in [2.05, 4.69) is 4.74 Å². The summed E-state index contributed by atoms with van der Waals surface area (Å²) in [5.41, 5.74) is 7.71. The summed E-state index contributed by atoms with van der Waals surface area (Å²) in [4.78, 5) is 23.9. The molecule has 0 bridgehead atoms. The van der Waals surface area contributed by atoms with Crippen LogP contribution in [0.2, 0.25) is 0 Å². The van der Waals surface area contributed by atoms with Crippen molar-refractivity contribution in [3.05, 3.63) is 41.2 Å². The Balaban J connectivity index is 2.71. The van der Waals surface area contributed by atoms with E-state index in [4.69, 9.17) is 10.5 Å². The van der Waals surface area contributed by atoms with E-state index in [0.29, 0.717) is 22.5 Å². The summed E-state index contributed by atoms with van der Waals surface area (Å²) < 4.78 is 48.5. The van der Waals surface area contributed by atoms with Gasteiger partial charge in [-0.3, -0.25) is 9.59 Å². The second-order valence-electron chi connectivity index (χ2n) is 6.76. The highest BCUT2D eigenvalue weighted by atomic mass is 19.4. The molecule has 0 saturated heterocycles. The van der Waals surface area contributed by atoms with Gasteiger partial charge in [-0.2, -0.15) is 0 Å². The first-order valence-electron chi connectivity index (χ1n) is 8.92. The molecule has 0 saturated carbocycles. The normalized spacial score (nSPS) is 11.6. The summed E-state index contributed by atoms with van der Waals surface area (Å²) >= 11 is 0. The first-order valence-corrected chi connectivity index (χ1v) is 8.92. The standard InChI is InChI=1S/C20H23F3N2O4/c1-11(2)25-12(3)17(19(24)27)18(15(25)8-9-16(26)28-4)13-6-5-7-14(10-13)29-20(21,22)23/h5-7,10-11H,8-9H2,1-4H3,(H2,24,27). The van der Waals surface area contributed by atoms with Crippen LogP contribution >= 0.6 is 0 Å². The second-order valence-corrected chi connectivity index (χ2v) is 6.76. The van der Waals surface area contributed by atoms with Gasteiger partial charge < -0.3 is 19.8 Å².